The van der Waals surface area contributed by atoms with E-state index in [9.17, 15) is 5.11 Å². The Balaban J connectivity index is 4.15. The third-order valence-electron chi connectivity index (χ3n) is 2.10. The molecule has 0 bridgehead atoms. The molecule has 1 atom stereocenters. The Morgan fingerprint density at radius 2 is 1.91 bits per heavy atom. The molecule has 0 aliphatic rings. The zero-order valence-corrected chi connectivity index (χ0v) is 9.09. The molecule has 11 heavy (non-hydrogen) atoms. The second kappa shape index (κ2) is 4.07. The van der Waals surface area contributed by atoms with E-state index in [1.807, 2.05) is 6.08 Å². The Morgan fingerprint density at radius 1 is 1.45 bits per heavy atom. The van der Waals surface area contributed by atoms with Crippen LogP contribution in [0.1, 0.15) is 13.8 Å². The molecule has 0 aromatic rings. The van der Waals surface area contributed by atoms with Crippen LogP contribution >= 0.6 is 0 Å². The highest BCUT2D eigenvalue weighted by Crippen LogP contribution is 2.20. The molecule has 1 nitrogen and oxygen atoms in total. The van der Waals surface area contributed by atoms with E-state index in [2.05, 4.69) is 33.5 Å². The van der Waals surface area contributed by atoms with Gasteiger partial charge in [-0.15, -0.1) is 6.58 Å². The van der Waals surface area contributed by atoms with Crippen LogP contribution in [0.25, 0.3) is 0 Å². The van der Waals surface area contributed by atoms with Gasteiger partial charge in [-0.2, -0.15) is 0 Å². The molecule has 0 fully saturated rings. The summed E-state index contributed by atoms with van der Waals surface area (Å²) in [6.07, 6.45) is 1.93. The molecule has 0 amide bonds. The number of hydrogen-bond acceptors (Lipinski definition) is 1. The van der Waals surface area contributed by atoms with Crippen molar-refractivity contribution in [3.8, 4) is 0 Å². The first-order chi connectivity index (χ1) is 4.91. The first kappa shape index (κ1) is 10.9. The highest BCUT2D eigenvalue weighted by molar-refractivity contribution is 6.79. The van der Waals surface area contributed by atoms with Gasteiger partial charge in [0, 0.05) is 5.73 Å². The van der Waals surface area contributed by atoms with Crippen LogP contribution in [0.5, 0.6) is 0 Å². The molecule has 0 aliphatic carbocycles. The van der Waals surface area contributed by atoms with Gasteiger partial charge in [0.2, 0.25) is 0 Å². The molecule has 0 spiro atoms. The first-order valence-electron chi connectivity index (χ1n) is 4.20. The van der Waals surface area contributed by atoms with Crippen LogP contribution in [0.3, 0.4) is 0 Å². The van der Waals surface area contributed by atoms with Crippen molar-refractivity contribution >= 4 is 8.07 Å². The van der Waals surface area contributed by atoms with E-state index in [0.29, 0.717) is 5.92 Å². The summed E-state index contributed by atoms with van der Waals surface area (Å²) in [6.45, 7) is 12.3. The topological polar surface area (TPSA) is 20.2 Å². The first-order valence-corrected chi connectivity index (χ1v) is 7.49. The van der Waals surface area contributed by atoms with Crippen molar-refractivity contribution in [2.45, 2.75) is 38.7 Å². The van der Waals surface area contributed by atoms with Crippen LogP contribution in [0.15, 0.2) is 12.7 Å². The zero-order valence-electron chi connectivity index (χ0n) is 8.09. The van der Waals surface area contributed by atoms with Crippen LogP contribution in [0.4, 0.5) is 0 Å². The van der Waals surface area contributed by atoms with E-state index in [0.717, 1.165) is 6.04 Å². The van der Waals surface area contributed by atoms with E-state index in [4.69, 9.17) is 0 Å². The monoisotopic (exact) mass is 172 g/mol. The van der Waals surface area contributed by atoms with E-state index < -0.39 is 8.07 Å². The fraction of sp³-hybridized carbons (Fsp3) is 0.778. The van der Waals surface area contributed by atoms with Crippen LogP contribution in [0, 0.1) is 5.92 Å². The van der Waals surface area contributed by atoms with Gasteiger partial charge < -0.3 is 5.11 Å². The molecule has 0 aromatic carbocycles. The highest BCUT2D eigenvalue weighted by atomic mass is 28.3. The van der Waals surface area contributed by atoms with E-state index in [1.165, 1.54) is 0 Å². The van der Waals surface area contributed by atoms with Gasteiger partial charge in [0.25, 0.3) is 0 Å². The molecule has 0 aromatic heterocycles. The largest absolute Gasteiger partial charge is 0.396 e. The summed E-state index contributed by atoms with van der Waals surface area (Å²) in [5, 5.41) is 9.80. The van der Waals surface area contributed by atoms with Crippen molar-refractivity contribution in [3.63, 3.8) is 0 Å². The molecule has 0 saturated carbocycles. The maximum atomic E-state index is 9.80. The van der Waals surface area contributed by atoms with Gasteiger partial charge in [-0.1, -0.05) is 33.0 Å². The third-order valence-corrected chi connectivity index (χ3v) is 5.71. The van der Waals surface area contributed by atoms with Gasteiger partial charge in [-0.25, -0.2) is 0 Å². The molecule has 0 radical (unpaired) electrons. The van der Waals surface area contributed by atoms with Crippen molar-refractivity contribution in [2.24, 2.45) is 5.92 Å². The highest BCUT2D eigenvalue weighted by Gasteiger charge is 2.30. The minimum Gasteiger partial charge on any atom is -0.396 e. The van der Waals surface area contributed by atoms with Gasteiger partial charge in [-0.05, 0) is 12.0 Å². The summed E-state index contributed by atoms with van der Waals surface area (Å²) in [4.78, 5) is 0. The molecule has 0 saturated heterocycles. The van der Waals surface area contributed by atoms with Gasteiger partial charge in [0.05, 0.1) is 8.07 Å². The summed E-state index contributed by atoms with van der Waals surface area (Å²) in [5.74, 6) is 0.386. The van der Waals surface area contributed by atoms with Crippen molar-refractivity contribution in [3.05, 3.63) is 12.7 Å². The van der Waals surface area contributed by atoms with Gasteiger partial charge >= 0.3 is 0 Å². The quantitative estimate of drug-likeness (QED) is 0.510. The molecular weight excluding hydrogens is 152 g/mol. The second-order valence-corrected chi connectivity index (χ2v) is 9.15. The predicted octanol–water partition coefficient (Wildman–Crippen LogP) is 2.44. The lowest BCUT2D eigenvalue weighted by atomic mass is 10.2. The van der Waals surface area contributed by atoms with Crippen LogP contribution in [-0.2, 0) is 0 Å². The normalized spacial score (nSPS) is 15.1. The van der Waals surface area contributed by atoms with Crippen molar-refractivity contribution in [1.82, 2.24) is 0 Å². The standard InChI is InChI=1S/C9H20OSi/c1-6-7-11(4,5)9(10)8(2)3/h6,8-10H,1,7H2,2-5H3. The van der Waals surface area contributed by atoms with Crippen molar-refractivity contribution < 1.29 is 5.11 Å². The fourth-order valence-electron chi connectivity index (χ4n) is 1.40. The summed E-state index contributed by atoms with van der Waals surface area (Å²) in [7, 11) is -1.43. The molecule has 0 heterocycles. The maximum Gasteiger partial charge on any atom is 0.0852 e. The number of allylic oxidation sites excluding steroid dienone is 1. The van der Waals surface area contributed by atoms with Gasteiger partial charge in [0.15, 0.2) is 0 Å². The van der Waals surface area contributed by atoms with Gasteiger partial charge in [0.1, 0.15) is 0 Å². The lowest BCUT2D eigenvalue weighted by Gasteiger charge is -2.30. The number of aliphatic hydroxyl groups is 1. The smallest absolute Gasteiger partial charge is 0.0852 e. The lowest BCUT2D eigenvalue weighted by Crippen LogP contribution is -2.44. The lowest BCUT2D eigenvalue weighted by molar-refractivity contribution is 0.192. The predicted molar refractivity (Wildman–Crippen MR) is 53.3 cm³/mol. The second-order valence-electron chi connectivity index (χ2n) is 4.17. The average Bonchev–Trinajstić information content (AvgIpc) is 1.86. The molecule has 2 heteroatoms. The molecular formula is C9H20OSi. The molecule has 66 valence electrons. The molecule has 0 aliphatic heterocycles. The van der Waals surface area contributed by atoms with Crippen LogP contribution < -0.4 is 0 Å². The van der Waals surface area contributed by atoms with Crippen molar-refractivity contribution in [2.75, 3.05) is 0 Å². The summed E-state index contributed by atoms with van der Waals surface area (Å²) in [5.41, 5.74) is -0.0968. The molecule has 1 N–H and O–H groups in total. The summed E-state index contributed by atoms with van der Waals surface area (Å²) < 4.78 is 0. The Kier molecular flexibility index (Phi) is 4.04. The van der Waals surface area contributed by atoms with E-state index in [-0.39, 0.29) is 5.73 Å². The SMILES string of the molecule is C=CC[Si](C)(C)C(O)C(C)C. The summed E-state index contributed by atoms with van der Waals surface area (Å²) >= 11 is 0. The zero-order chi connectivity index (χ0) is 9.07. The maximum absolute atomic E-state index is 9.80. The Labute approximate surface area is 71.1 Å². The van der Waals surface area contributed by atoms with Crippen LogP contribution in [0.2, 0.25) is 19.1 Å². The number of hydrogen-bond donors (Lipinski definition) is 1. The van der Waals surface area contributed by atoms with Crippen molar-refractivity contribution in [1.29, 1.82) is 0 Å². The molecule has 0 rings (SSSR count). The Hall–Kier alpha value is -0.0831. The van der Waals surface area contributed by atoms with E-state index >= 15 is 0 Å². The minimum absolute atomic E-state index is 0.0968. The Morgan fingerprint density at radius 3 is 2.18 bits per heavy atom. The van der Waals surface area contributed by atoms with E-state index in [1.54, 1.807) is 0 Å². The Bertz CT molecular complexity index is 130. The van der Waals surface area contributed by atoms with Crippen LogP contribution in [-0.4, -0.2) is 18.9 Å². The third kappa shape index (κ3) is 3.21. The fourth-order valence-corrected chi connectivity index (χ4v) is 4.19. The minimum atomic E-state index is -1.43. The van der Waals surface area contributed by atoms with Gasteiger partial charge in [-0.3, -0.25) is 0 Å². The summed E-state index contributed by atoms with van der Waals surface area (Å²) in [6, 6.07) is 1.01. The number of aliphatic hydroxyl groups excluding tert-OH is 1. The number of rotatable bonds is 4. The average molecular weight is 172 g/mol. The molecule has 1 unspecified atom stereocenters.